The number of ether oxygens (including phenoxy) is 1. The van der Waals surface area contributed by atoms with Crippen LogP contribution in [0.3, 0.4) is 0 Å². The van der Waals surface area contributed by atoms with Crippen molar-refractivity contribution in [1.29, 1.82) is 0 Å². The Balaban J connectivity index is 2.07. The first-order valence-corrected chi connectivity index (χ1v) is 6.91. The predicted octanol–water partition coefficient (Wildman–Crippen LogP) is 2.03. The van der Waals surface area contributed by atoms with E-state index in [-0.39, 0.29) is 18.1 Å². The lowest BCUT2D eigenvalue weighted by atomic mass is 10.1. The van der Waals surface area contributed by atoms with Crippen LogP contribution in [0.5, 0.6) is 0 Å². The Morgan fingerprint density at radius 3 is 2.29 bits per heavy atom. The molecule has 5 nitrogen and oxygen atoms in total. The van der Waals surface area contributed by atoms with Gasteiger partial charge in [-0.05, 0) is 37.6 Å². The molecule has 21 heavy (non-hydrogen) atoms. The van der Waals surface area contributed by atoms with Crippen molar-refractivity contribution in [2.24, 2.45) is 0 Å². The van der Waals surface area contributed by atoms with E-state index < -0.39 is 5.97 Å². The number of amides is 1. The van der Waals surface area contributed by atoms with Crippen molar-refractivity contribution >= 4 is 18.0 Å². The average Bonchev–Trinajstić information content (AvgIpc) is 2.44. The number of aliphatic carboxylic acids is 1. The van der Waals surface area contributed by atoms with E-state index in [0.29, 0.717) is 18.7 Å². The van der Waals surface area contributed by atoms with Crippen molar-refractivity contribution in [2.45, 2.75) is 26.1 Å². The van der Waals surface area contributed by atoms with E-state index >= 15 is 0 Å². The van der Waals surface area contributed by atoms with Gasteiger partial charge in [0.2, 0.25) is 0 Å². The second-order valence-electron chi connectivity index (χ2n) is 5.26. The zero-order chi connectivity index (χ0) is 15.4. The van der Waals surface area contributed by atoms with Crippen LogP contribution >= 0.6 is 0 Å². The quantitative estimate of drug-likeness (QED) is 0.865. The maximum atomic E-state index is 12.4. The lowest BCUT2D eigenvalue weighted by Crippen LogP contribution is -2.48. The molecule has 1 aromatic carbocycles. The number of nitrogens with zero attached hydrogens (tertiary/aromatic N) is 1. The molecule has 2 rings (SSSR count). The third kappa shape index (κ3) is 4.16. The number of carboxylic acid groups (broad SMARTS) is 1. The summed E-state index contributed by atoms with van der Waals surface area (Å²) in [6.07, 6.45) is 2.64. The third-order valence-corrected chi connectivity index (χ3v) is 3.28. The summed E-state index contributed by atoms with van der Waals surface area (Å²) in [5, 5.41) is 8.58. The number of morpholine rings is 1. The van der Waals surface area contributed by atoms with Crippen LogP contribution in [0.2, 0.25) is 0 Å². The van der Waals surface area contributed by atoms with Crippen LogP contribution < -0.4 is 0 Å². The molecule has 1 aliphatic rings. The van der Waals surface area contributed by atoms with Gasteiger partial charge in [-0.25, -0.2) is 4.79 Å². The lowest BCUT2D eigenvalue weighted by Gasteiger charge is -2.35. The standard InChI is InChI=1S/C16H19NO4/c1-11-9-17(10-12(2)21-11)16(20)14-6-3-13(4-7-14)5-8-15(18)19/h3-8,11-12H,9-10H2,1-2H3,(H,18,19)/b8-5+/t11-,12+. The summed E-state index contributed by atoms with van der Waals surface area (Å²) in [5.74, 6) is -1.02. The van der Waals surface area contributed by atoms with Crippen LogP contribution in [-0.4, -0.2) is 47.2 Å². The molecule has 1 saturated heterocycles. The Labute approximate surface area is 123 Å². The minimum Gasteiger partial charge on any atom is -0.478 e. The molecule has 0 spiro atoms. The number of hydrogen-bond donors (Lipinski definition) is 1. The first-order chi connectivity index (χ1) is 9.95. The summed E-state index contributed by atoms with van der Waals surface area (Å²) < 4.78 is 5.62. The first-order valence-electron chi connectivity index (χ1n) is 6.91. The van der Waals surface area contributed by atoms with Crippen LogP contribution in [0.25, 0.3) is 6.08 Å². The van der Waals surface area contributed by atoms with Gasteiger partial charge in [0.15, 0.2) is 0 Å². The van der Waals surface area contributed by atoms with E-state index in [0.717, 1.165) is 11.6 Å². The molecule has 0 saturated carbocycles. The molecule has 0 aromatic heterocycles. The van der Waals surface area contributed by atoms with Gasteiger partial charge in [0.1, 0.15) is 0 Å². The SMILES string of the molecule is C[C@@H]1CN(C(=O)c2ccc(/C=C/C(=O)O)cc2)C[C@H](C)O1. The normalized spacial score (nSPS) is 22.5. The highest BCUT2D eigenvalue weighted by Crippen LogP contribution is 2.15. The molecule has 0 unspecified atom stereocenters. The molecule has 1 aliphatic heterocycles. The Morgan fingerprint density at radius 1 is 1.19 bits per heavy atom. The zero-order valence-corrected chi connectivity index (χ0v) is 12.2. The van der Waals surface area contributed by atoms with Crippen molar-refractivity contribution in [3.8, 4) is 0 Å². The molecule has 1 fully saturated rings. The van der Waals surface area contributed by atoms with E-state index in [1.54, 1.807) is 29.2 Å². The van der Waals surface area contributed by atoms with Gasteiger partial charge in [0.25, 0.3) is 5.91 Å². The van der Waals surface area contributed by atoms with E-state index in [9.17, 15) is 9.59 Å². The maximum absolute atomic E-state index is 12.4. The Morgan fingerprint density at radius 2 is 1.76 bits per heavy atom. The number of carbonyl (C=O) groups is 2. The number of hydrogen-bond acceptors (Lipinski definition) is 3. The summed E-state index contributed by atoms with van der Waals surface area (Å²) in [7, 11) is 0. The fourth-order valence-corrected chi connectivity index (χ4v) is 2.43. The second kappa shape index (κ2) is 6.54. The van der Waals surface area contributed by atoms with Crippen molar-refractivity contribution < 1.29 is 19.4 Å². The van der Waals surface area contributed by atoms with Crippen LogP contribution in [0, 0.1) is 0 Å². The number of benzene rings is 1. The molecule has 0 bridgehead atoms. The van der Waals surface area contributed by atoms with Crippen LogP contribution in [0.15, 0.2) is 30.3 Å². The largest absolute Gasteiger partial charge is 0.478 e. The van der Waals surface area contributed by atoms with Gasteiger partial charge in [-0.1, -0.05) is 12.1 Å². The molecular weight excluding hydrogens is 270 g/mol. The van der Waals surface area contributed by atoms with Gasteiger partial charge in [0.05, 0.1) is 12.2 Å². The van der Waals surface area contributed by atoms with Gasteiger partial charge < -0.3 is 14.7 Å². The van der Waals surface area contributed by atoms with Crippen LogP contribution in [-0.2, 0) is 9.53 Å². The maximum Gasteiger partial charge on any atom is 0.328 e. The Hall–Kier alpha value is -2.14. The second-order valence-corrected chi connectivity index (χ2v) is 5.26. The van der Waals surface area contributed by atoms with Crippen molar-refractivity contribution in [3.63, 3.8) is 0 Å². The molecule has 1 amide bonds. The van der Waals surface area contributed by atoms with Gasteiger partial charge >= 0.3 is 5.97 Å². The van der Waals surface area contributed by atoms with E-state index in [1.165, 1.54) is 6.08 Å². The minimum absolute atomic E-state index is 0.0224. The van der Waals surface area contributed by atoms with Crippen LogP contribution in [0.1, 0.15) is 29.8 Å². The molecule has 2 atom stereocenters. The Kier molecular flexibility index (Phi) is 4.75. The van der Waals surface area contributed by atoms with Gasteiger partial charge in [0, 0.05) is 24.7 Å². The van der Waals surface area contributed by atoms with E-state index in [1.807, 2.05) is 13.8 Å². The first kappa shape index (κ1) is 15.3. The van der Waals surface area contributed by atoms with E-state index in [2.05, 4.69) is 0 Å². The molecule has 5 heteroatoms. The highest BCUT2D eigenvalue weighted by Gasteiger charge is 2.26. The number of carboxylic acids is 1. The summed E-state index contributed by atoms with van der Waals surface area (Å²) in [5.41, 5.74) is 1.35. The summed E-state index contributed by atoms with van der Waals surface area (Å²) in [6, 6.07) is 6.91. The zero-order valence-electron chi connectivity index (χ0n) is 12.2. The fourth-order valence-electron chi connectivity index (χ4n) is 2.43. The van der Waals surface area contributed by atoms with Crippen LogP contribution in [0.4, 0.5) is 0 Å². The summed E-state index contributed by atoms with van der Waals surface area (Å²) >= 11 is 0. The topological polar surface area (TPSA) is 66.8 Å². The minimum atomic E-state index is -0.994. The molecule has 0 radical (unpaired) electrons. The molecular formula is C16H19NO4. The molecule has 1 heterocycles. The number of rotatable bonds is 3. The number of carbonyl (C=O) groups excluding carboxylic acids is 1. The van der Waals surface area contributed by atoms with Gasteiger partial charge in [-0.15, -0.1) is 0 Å². The van der Waals surface area contributed by atoms with Crippen molar-refractivity contribution in [1.82, 2.24) is 4.90 Å². The van der Waals surface area contributed by atoms with Gasteiger partial charge in [-0.3, -0.25) is 4.79 Å². The molecule has 1 aromatic rings. The third-order valence-electron chi connectivity index (χ3n) is 3.28. The summed E-state index contributed by atoms with van der Waals surface area (Å²) in [6.45, 7) is 5.08. The molecule has 112 valence electrons. The summed E-state index contributed by atoms with van der Waals surface area (Å²) in [4.78, 5) is 24.7. The molecule has 1 N–H and O–H groups in total. The molecule has 0 aliphatic carbocycles. The predicted molar refractivity (Wildman–Crippen MR) is 79.0 cm³/mol. The highest BCUT2D eigenvalue weighted by atomic mass is 16.5. The van der Waals surface area contributed by atoms with Crippen molar-refractivity contribution in [2.75, 3.05) is 13.1 Å². The van der Waals surface area contributed by atoms with Crippen molar-refractivity contribution in [3.05, 3.63) is 41.5 Å². The Bertz CT molecular complexity index is 540. The average molecular weight is 289 g/mol. The lowest BCUT2D eigenvalue weighted by molar-refractivity contribution is -0.131. The fraction of sp³-hybridized carbons (Fsp3) is 0.375. The smallest absolute Gasteiger partial charge is 0.328 e. The van der Waals surface area contributed by atoms with E-state index in [4.69, 9.17) is 9.84 Å². The highest BCUT2D eigenvalue weighted by molar-refractivity contribution is 5.94. The monoisotopic (exact) mass is 289 g/mol. The van der Waals surface area contributed by atoms with Gasteiger partial charge in [-0.2, -0.15) is 0 Å².